The molecule has 3 N–H and O–H groups in total. The second kappa shape index (κ2) is 8.58. The topological polar surface area (TPSA) is 87.3 Å². The van der Waals surface area contributed by atoms with Crippen molar-refractivity contribution >= 4 is 10.8 Å². The van der Waals surface area contributed by atoms with Gasteiger partial charge in [0.1, 0.15) is 23.0 Å². The van der Waals surface area contributed by atoms with Crippen LogP contribution in [0.25, 0.3) is 10.8 Å². The van der Waals surface area contributed by atoms with Gasteiger partial charge in [-0.3, -0.25) is 0 Å². The molecule has 0 amide bonds. The van der Waals surface area contributed by atoms with Crippen molar-refractivity contribution in [2.45, 2.75) is 23.7 Å². The fourth-order valence-electron chi connectivity index (χ4n) is 4.54. The summed E-state index contributed by atoms with van der Waals surface area (Å²) >= 11 is 0. The molecule has 6 nitrogen and oxygen atoms in total. The second-order valence-corrected chi connectivity index (χ2v) is 9.30. The van der Waals surface area contributed by atoms with Gasteiger partial charge in [-0.25, -0.2) is 21.3 Å². The van der Waals surface area contributed by atoms with Crippen molar-refractivity contribution in [3.8, 4) is 23.0 Å². The standard InChI is InChI=1S/C27H20F6N4O2/c1-37-25(36-37,27(31,32)33)19-6-12-21(13-7-19)39-23-9-3-16-2-8-22(14-17(16)15-23)38-20-10-4-18(5-11-20)24(34-35-24)26(28,29)30/h2-15,34-36H,1H3. The molecule has 2 fully saturated rings. The summed E-state index contributed by atoms with van der Waals surface area (Å²) in [4.78, 5) is 0. The molecule has 2 unspecified atom stereocenters. The summed E-state index contributed by atoms with van der Waals surface area (Å²) in [5, 5.41) is 2.65. The van der Waals surface area contributed by atoms with Gasteiger partial charge in [-0.15, -0.1) is 0 Å². The Morgan fingerprint density at radius 2 is 1.03 bits per heavy atom. The molecule has 202 valence electrons. The number of halogens is 6. The Morgan fingerprint density at radius 1 is 0.590 bits per heavy atom. The fourth-order valence-corrected chi connectivity index (χ4v) is 4.54. The first-order valence-corrected chi connectivity index (χ1v) is 11.7. The Morgan fingerprint density at radius 3 is 1.41 bits per heavy atom. The van der Waals surface area contributed by atoms with E-state index in [-0.39, 0.29) is 11.1 Å². The van der Waals surface area contributed by atoms with Gasteiger partial charge in [-0.1, -0.05) is 36.4 Å². The maximum absolute atomic E-state index is 13.5. The summed E-state index contributed by atoms with van der Waals surface area (Å²) in [6.45, 7) is 0. The van der Waals surface area contributed by atoms with Crippen LogP contribution in [0.4, 0.5) is 26.3 Å². The lowest BCUT2D eigenvalue weighted by atomic mass is 10.0. The van der Waals surface area contributed by atoms with E-state index in [9.17, 15) is 26.3 Å². The quantitative estimate of drug-likeness (QED) is 0.191. The van der Waals surface area contributed by atoms with Crippen molar-refractivity contribution < 1.29 is 35.8 Å². The van der Waals surface area contributed by atoms with Crippen LogP contribution in [-0.2, 0) is 11.3 Å². The Balaban J connectivity index is 1.17. The summed E-state index contributed by atoms with van der Waals surface area (Å²) in [5.41, 5.74) is 2.29. The van der Waals surface area contributed by atoms with Gasteiger partial charge in [0.25, 0.3) is 0 Å². The molecular weight excluding hydrogens is 526 g/mol. The van der Waals surface area contributed by atoms with E-state index >= 15 is 0 Å². The largest absolute Gasteiger partial charge is 0.457 e. The highest BCUT2D eigenvalue weighted by molar-refractivity contribution is 5.85. The maximum atomic E-state index is 13.5. The highest BCUT2D eigenvalue weighted by atomic mass is 19.4. The normalized spacial score (nSPS) is 22.0. The number of nitrogens with zero attached hydrogens (tertiary/aromatic N) is 1. The van der Waals surface area contributed by atoms with E-state index in [0.717, 1.165) is 15.8 Å². The zero-order valence-corrected chi connectivity index (χ0v) is 20.1. The molecule has 2 aliphatic heterocycles. The average molecular weight is 546 g/mol. The number of ether oxygens (including phenoxy) is 2. The lowest BCUT2D eigenvalue weighted by Crippen LogP contribution is -2.35. The number of hydrogen-bond acceptors (Lipinski definition) is 6. The zero-order valence-electron chi connectivity index (χ0n) is 20.1. The van der Waals surface area contributed by atoms with Gasteiger partial charge in [0.15, 0.2) is 0 Å². The van der Waals surface area contributed by atoms with Crippen LogP contribution in [-0.4, -0.2) is 24.4 Å². The molecule has 4 aromatic rings. The molecule has 0 aliphatic carbocycles. The predicted octanol–water partition coefficient (Wildman–Crippen LogP) is 6.41. The zero-order chi connectivity index (χ0) is 27.6. The molecule has 0 radical (unpaired) electrons. The summed E-state index contributed by atoms with van der Waals surface area (Å²) < 4.78 is 92.0. The van der Waals surface area contributed by atoms with Gasteiger partial charge in [0.2, 0.25) is 11.3 Å². The van der Waals surface area contributed by atoms with Crippen LogP contribution >= 0.6 is 0 Å². The average Bonchev–Trinajstić information content (AvgIpc) is 3.80. The number of fused-ring (bicyclic) bond motifs is 1. The van der Waals surface area contributed by atoms with Gasteiger partial charge in [0, 0.05) is 7.05 Å². The monoisotopic (exact) mass is 546 g/mol. The molecule has 39 heavy (non-hydrogen) atoms. The third-order valence-electron chi connectivity index (χ3n) is 6.81. The lowest BCUT2D eigenvalue weighted by molar-refractivity contribution is -0.174. The summed E-state index contributed by atoms with van der Waals surface area (Å²) in [6.07, 6.45) is -8.98. The number of hydrazine groups is 2. The Hall–Kier alpha value is -3.84. The van der Waals surface area contributed by atoms with Gasteiger partial charge in [-0.05, 0) is 70.4 Å². The smallest absolute Gasteiger partial charge is 0.426 e. The van der Waals surface area contributed by atoms with Crippen molar-refractivity contribution in [2.24, 2.45) is 0 Å². The third kappa shape index (κ3) is 4.35. The molecule has 2 saturated heterocycles. The van der Waals surface area contributed by atoms with Gasteiger partial charge < -0.3 is 9.47 Å². The molecule has 4 aromatic carbocycles. The van der Waals surface area contributed by atoms with Crippen LogP contribution in [0.3, 0.4) is 0 Å². The highest BCUT2D eigenvalue weighted by Crippen LogP contribution is 2.49. The first-order chi connectivity index (χ1) is 18.4. The van der Waals surface area contributed by atoms with Crippen LogP contribution in [0.15, 0.2) is 84.9 Å². The molecule has 2 aliphatic rings. The number of hydrogen-bond donors (Lipinski definition) is 3. The molecule has 0 bridgehead atoms. The predicted molar refractivity (Wildman–Crippen MR) is 130 cm³/mol. The molecule has 0 spiro atoms. The van der Waals surface area contributed by atoms with E-state index in [2.05, 4.69) is 16.3 Å². The molecule has 6 rings (SSSR count). The van der Waals surface area contributed by atoms with E-state index in [0.29, 0.717) is 23.0 Å². The fraction of sp³-hybridized carbons (Fsp3) is 0.185. The van der Waals surface area contributed by atoms with E-state index in [1.807, 2.05) is 12.1 Å². The van der Waals surface area contributed by atoms with Crippen molar-refractivity contribution in [2.75, 3.05) is 7.05 Å². The molecule has 2 heterocycles. The van der Waals surface area contributed by atoms with Crippen LogP contribution in [0, 0.1) is 0 Å². The van der Waals surface area contributed by atoms with Crippen molar-refractivity contribution in [1.29, 1.82) is 0 Å². The summed E-state index contributed by atoms with van der Waals surface area (Å²) in [7, 11) is 1.33. The van der Waals surface area contributed by atoms with E-state index in [1.54, 1.807) is 24.3 Å². The number of alkyl halides is 6. The minimum Gasteiger partial charge on any atom is -0.457 e. The Bertz CT molecular complexity index is 1540. The van der Waals surface area contributed by atoms with Gasteiger partial charge in [0.05, 0.1) is 0 Å². The van der Waals surface area contributed by atoms with E-state index in [1.165, 1.54) is 55.6 Å². The summed E-state index contributed by atoms with van der Waals surface area (Å²) in [5.74, 6) is 1.65. The number of nitrogens with one attached hydrogen (secondary N) is 3. The Kier molecular flexibility index (Phi) is 5.60. The van der Waals surface area contributed by atoms with Crippen LogP contribution in [0.1, 0.15) is 11.1 Å². The molecule has 0 aromatic heterocycles. The minimum absolute atomic E-state index is 0.0182. The van der Waals surface area contributed by atoms with Crippen molar-refractivity contribution in [3.05, 3.63) is 96.1 Å². The first-order valence-electron chi connectivity index (χ1n) is 11.7. The Labute approximate surface area is 218 Å². The number of rotatable bonds is 6. The van der Waals surface area contributed by atoms with Crippen molar-refractivity contribution in [3.63, 3.8) is 0 Å². The molecule has 12 heteroatoms. The SMILES string of the molecule is CN1NC1(c1ccc(Oc2ccc3ccc(Oc4ccc(C5(C(F)(F)F)NN5)cc4)cc3c2)cc1)C(F)(F)F. The summed E-state index contributed by atoms with van der Waals surface area (Å²) in [6, 6.07) is 21.9. The molecule has 2 atom stereocenters. The second-order valence-electron chi connectivity index (χ2n) is 9.30. The van der Waals surface area contributed by atoms with Crippen molar-refractivity contribution in [1.82, 2.24) is 21.3 Å². The van der Waals surface area contributed by atoms with E-state index < -0.39 is 23.7 Å². The van der Waals surface area contributed by atoms with Gasteiger partial charge >= 0.3 is 12.4 Å². The van der Waals surface area contributed by atoms with Crippen LogP contribution in [0.2, 0.25) is 0 Å². The van der Waals surface area contributed by atoms with Crippen LogP contribution in [0.5, 0.6) is 23.0 Å². The first kappa shape index (κ1) is 25.4. The minimum atomic E-state index is -4.49. The van der Waals surface area contributed by atoms with Crippen LogP contribution < -0.4 is 25.8 Å². The molecular formula is C27H20F6N4O2. The third-order valence-corrected chi connectivity index (χ3v) is 6.81. The number of benzene rings is 4. The molecule has 0 saturated carbocycles. The van der Waals surface area contributed by atoms with E-state index in [4.69, 9.17) is 9.47 Å². The highest BCUT2D eigenvalue weighted by Gasteiger charge is 2.69. The maximum Gasteiger partial charge on any atom is 0.426 e. The van der Waals surface area contributed by atoms with Gasteiger partial charge in [-0.2, -0.15) is 26.3 Å². The lowest BCUT2D eigenvalue weighted by Gasteiger charge is -2.18.